The summed E-state index contributed by atoms with van der Waals surface area (Å²) < 4.78 is 7.33. The molecule has 0 N–H and O–H groups in total. The number of carbonyl (C=O) groups is 4. The Bertz CT molecular complexity index is 105. The molecule has 0 aliphatic rings. The summed E-state index contributed by atoms with van der Waals surface area (Å²) in [7, 11) is 1.31. The summed E-state index contributed by atoms with van der Waals surface area (Å²) >= 11 is 0. The number of rotatable bonds is 3. The van der Waals surface area contributed by atoms with E-state index in [0.717, 1.165) is 6.29 Å². The fourth-order valence-electron chi connectivity index (χ4n) is 0.0227. The van der Waals surface area contributed by atoms with Crippen molar-refractivity contribution in [1.82, 2.24) is 0 Å². The maximum atomic E-state index is 8.95. The van der Waals surface area contributed by atoms with Gasteiger partial charge in [0.25, 0.3) is 6.47 Å². The SMILES string of the molecule is CC=O.COC=O.O=COC=O. The first kappa shape index (κ1) is 16.7. The summed E-state index contributed by atoms with van der Waals surface area (Å²) in [5.41, 5.74) is 0. The predicted octanol–water partition coefficient (Wildman–Crippen LogP) is -0.690. The van der Waals surface area contributed by atoms with Gasteiger partial charge in [-0.25, -0.2) is 0 Å². The minimum atomic E-state index is 0.0625. The van der Waals surface area contributed by atoms with Gasteiger partial charge in [-0.1, -0.05) is 0 Å². The van der Waals surface area contributed by atoms with E-state index in [-0.39, 0.29) is 12.9 Å². The lowest BCUT2D eigenvalue weighted by molar-refractivity contribution is -0.141. The third-order valence-corrected chi connectivity index (χ3v) is 0.207. The average molecular weight is 178 g/mol. The largest absolute Gasteiger partial charge is 0.471 e. The standard InChI is InChI=1S/C2H2O3.C2H4O2.C2H4O/c3-1-5-2-4;1-4-2-3;1-2-3/h1-2H;2H,1H3;2H,1H3. The van der Waals surface area contributed by atoms with Gasteiger partial charge in [0.2, 0.25) is 0 Å². The smallest absolute Gasteiger partial charge is 0.300 e. The molecule has 0 unspecified atom stereocenters. The Labute approximate surface area is 69.4 Å². The molecule has 0 aromatic rings. The molecule has 0 radical (unpaired) electrons. The van der Waals surface area contributed by atoms with Crippen molar-refractivity contribution in [3.8, 4) is 0 Å². The molecule has 0 aliphatic heterocycles. The predicted molar refractivity (Wildman–Crippen MR) is 38.0 cm³/mol. The number of hydrogen-bond donors (Lipinski definition) is 0. The van der Waals surface area contributed by atoms with E-state index in [1.165, 1.54) is 14.0 Å². The highest BCUT2D eigenvalue weighted by Gasteiger charge is 1.58. The monoisotopic (exact) mass is 178 g/mol. The van der Waals surface area contributed by atoms with Gasteiger partial charge in [0.05, 0.1) is 7.11 Å². The second-order valence-corrected chi connectivity index (χ2v) is 0.896. The van der Waals surface area contributed by atoms with Crippen LogP contribution in [0.5, 0.6) is 0 Å². The molecular weight excluding hydrogens is 168 g/mol. The van der Waals surface area contributed by atoms with Crippen LogP contribution in [-0.2, 0) is 28.7 Å². The maximum Gasteiger partial charge on any atom is 0.300 e. The zero-order valence-electron chi connectivity index (χ0n) is 6.76. The number of aldehydes is 1. The van der Waals surface area contributed by atoms with Gasteiger partial charge >= 0.3 is 12.9 Å². The van der Waals surface area contributed by atoms with Gasteiger partial charge in [0.1, 0.15) is 6.29 Å². The van der Waals surface area contributed by atoms with E-state index >= 15 is 0 Å². The molecule has 0 aliphatic carbocycles. The van der Waals surface area contributed by atoms with Crippen LogP contribution < -0.4 is 0 Å². The van der Waals surface area contributed by atoms with Gasteiger partial charge in [0, 0.05) is 0 Å². The normalized spacial score (nSPS) is 5.17. The first-order chi connectivity index (χ1) is 5.74. The van der Waals surface area contributed by atoms with Crippen molar-refractivity contribution in [2.24, 2.45) is 0 Å². The number of ether oxygens (including phenoxy) is 2. The molecule has 0 amide bonds. The van der Waals surface area contributed by atoms with Crippen LogP contribution in [0.15, 0.2) is 0 Å². The zero-order chi connectivity index (χ0) is 10.2. The molecule has 6 nitrogen and oxygen atoms in total. The summed E-state index contributed by atoms with van der Waals surface area (Å²) in [4.78, 5) is 35.7. The summed E-state index contributed by atoms with van der Waals surface area (Å²) in [6.07, 6.45) is 0.750. The van der Waals surface area contributed by atoms with Crippen LogP contribution in [0.4, 0.5) is 0 Å². The quantitative estimate of drug-likeness (QED) is 0.420. The second-order valence-electron chi connectivity index (χ2n) is 0.896. The zero-order valence-corrected chi connectivity index (χ0v) is 6.76. The molecular formula is C6H10O6. The van der Waals surface area contributed by atoms with E-state index < -0.39 is 0 Å². The number of methoxy groups -OCH3 is 1. The first-order valence-electron chi connectivity index (χ1n) is 2.64. The van der Waals surface area contributed by atoms with E-state index in [1.54, 1.807) is 0 Å². The molecule has 0 bridgehead atoms. The topological polar surface area (TPSA) is 86.7 Å². The van der Waals surface area contributed by atoms with Crippen LogP contribution >= 0.6 is 0 Å². The van der Waals surface area contributed by atoms with Crippen LogP contribution in [0, 0.1) is 0 Å². The van der Waals surface area contributed by atoms with Crippen molar-refractivity contribution in [2.45, 2.75) is 6.92 Å². The molecule has 0 rings (SSSR count). The fraction of sp³-hybridized carbons (Fsp3) is 0.333. The minimum absolute atomic E-state index is 0.0625. The summed E-state index contributed by atoms with van der Waals surface area (Å²) in [5, 5.41) is 0. The molecule has 70 valence electrons. The Balaban J connectivity index is -0.000000105. The molecule has 0 spiro atoms. The van der Waals surface area contributed by atoms with Gasteiger partial charge in [0.15, 0.2) is 0 Å². The van der Waals surface area contributed by atoms with E-state index in [9.17, 15) is 0 Å². The Morgan fingerprint density at radius 2 is 1.17 bits per heavy atom. The molecule has 0 saturated carbocycles. The molecule has 0 aromatic heterocycles. The van der Waals surface area contributed by atoms with Crippen LogP contribution in [0.1, 0.15) is 6.92 Å². The van der Waals surface area contributed by atoms with Crippen molar-refractivity contribution in [2.75, 3.05) is 7.11 Å². The summed E-state index contributed by atoms with van der Waals surface area (Å²) in [6, 6.07) is 0. The van der Waals surface area contributed by atoms with Gasteiger partial charge in [-0.3, -0.25) is 14.4 Å². The molecule has 0 saturated heterocycles. The minimum Gasteiger partial charge on any atom is -0.471 e. The summed E-state index contributed by atoms with van der Waals surface area (Å²) in [6.45, 7) is 1.94. The van der Waals surface area contributed by atoms with Gasteiger partial charge < -0.3 is 14.3 Å². The van der Waals surface area contributed by atoms with Crippen molar-refractivity contribution >= 4 is 25.7 Å². The van der Waals surface area contributed by atoms with E-state index in [2.05, 4.69) is 9.47 Å². The van der Waals surface area contributed by atoms with Crippen LogP contribution in [0.25, 0.3) is 0 Å². The van der Waals surface area contributed by atoms with E-state index in [4.69, 9.17) is 19.2 Å². The molecule has 0 fully saturated rings. The molecule has 12 heavy (non-hydrogen) atoms. The highest BCUT2D eigenvalue weighted by atomic mass is 16.6. The number of carbonyl (C=O) groups excluding carboxylic acids is 4. The van der Waals surface area contributed by atoms with Crippen LogP contribution in [0.2, 0.25) is 0 Å². The lowest BCUT2D eigenvalue weighted by Crippen LogP contribution is -1.77. The van der Waals surface area contributed by atoms with Crippen molar-refractivity contribution < 1.29 is 28.7 Å². The maximum absolute atomic E-state index is 8.95. The van der Waals surface area contributed by atoms with Gasteiger partial charge in [-0.15, -0.1) is 0 Å². The second kappa shape index (κ2) is 34.7. The molecule has 0 aromatic carbocycles. The third kappa shape index (κ3) is 268. The first-order valence-corrected chi connectivity index (χ1v) is 2.64. The fourth-order valence-corrected chi connectivity index (χ4v) is 0.0227. The van der Waals surface area contributed by atoms with E-state index in [1.807, 2.05) is 0 Å². The summed E-state index contributed by atoms with van der Waals surface area (Å²) in [5.74, 6) is 0. The van der Waals surface area contributed by atoms with Crippen molar-refractivity contribution in [3.05, 3.63) is 0 Å². The average Bonchev–Trinajstić information content (AvgIpc) is 2.08. The van der Waals surface area contributed by atoms with Crippen molar-refractivity contribution in [1.29, 1.82) is 0 Å². The Morgan fingerprint density at radius 1 is 0.917 bits per heavy atom. The van der Waals surface area contributed by atoms with Crippen molar-refractivity contribution in [3.63, 3.8) is 0 Å². The molecule has 0 atom stereocenters. The highest BCUT2D eigenvalue weighted by Crippen LogP contribution is 1.40. The number of hydrogen-bond acceptors (Lipinski definition) is 6. The van der Waals surface area contributed by atoms with E-state index in [0.29, 0.717) is 6.47 Å². The van der Waals surface area contributed by atoms with Crippen LogP contribution in [0.3, 0.4) is 0 Å². The van der Waals surface area contributed by atoms with Crippen LogP contribution in [-0.4, -0.2) is 32.8 Å². The lowest BCUT2D eigenvalue weighted by Gasteiger charge is -1.67. The van der Waals surface area contributed by atoms with Gasteiger partial charge in [-0.05, 0) is 6.92 Å². The third-order valence-electron chi connectivity index (χ3n) is 0.207. The molecule has 6 heteroatoms. The Morgan fingerprint density at radius 3 is 1.17 bits per heavy atom. The Kier molecular flexibility index (Phi) is 48.3. The van der Waals surface area contributed by atoms with Gasteiger partial charge in [-0.2, -0.15) is 0 Å². The lowest BCUT2D eigenvalue weighted by atomic mass is 11.0. The molecule has 0 heterocycles. The Hall–Kier alpha value is -1.72. The highest BCUT2D eigenvalue weighted by molar-refractivity contribution is 5.55.